The molecular weight excluding hydrogens is 405 g/mol. The minimum Gasteiger partial charge on any atom is -0.449 e. The van der Waals surface area contributed by atoms with E-state index in [4.69, 9.17) is 5.11 Å². The number of ether oxygens (including phenoxy) is 1. The van der Waals surface area contributed by atoms with Crippen LogP contribution in [0, 0.1) is 5.82 Å². The molecule has 1 saturated heterocycles. The molecule has 1 saturated carbocycles. The summed E-state index contributed by atoms with van der Waals surface area (Å²) in [5.74, 6) is -0.685. The van der Waals surface area contributed by atoms with Crippen molar-refractivity contribution >= 4 is 28.5 Å². The molecule has 1 aliphatic carbocycles. The largest absolute Gasteiger partial charge is 0.511 e. The number of carbonyl (C=O) groups excluding carboxylic acids is 1. The molecule has 1 aromatic carbocycles. The van der Waals surface area contributed by atoms with E-state index in [2.05, 4.69) is 16.6 Å². The molecular formula is C22H26FN3O5. The fraction of sp³-hybridized carbons (Fsp3) is 0.500. The van der Waals surface area contributed by atoms with Crippen molar-refractivity contribution in [1.29, 1.82) is 0 Å². The van der Waals surface area contributed by atoms with E-state index in [1.54, 1.807) is 13.0 Å². The second-order valence-corrected chi connectivity index (χ2v) is 8.43. The molecule has 0 radical (unpaired) electrons. The minimum atomic E-state index is -1.58. The Balaban J connectivity index is 1.68. The first kappa shape index (κ1) is 21.3. The van der Waals surface area contributed by atoms with Gasteiger partial charge in [-0.15, -0.1) is 0 Å². The SMILES string of the molecule is CC(=O)CCN1CCN(c2cc3c(cc2F)c(=O)c(OC(=O)O)cn3C2CC2)CC1C. The van der Waals surface area contributed by atoms with E-state index in [-0.39, 0.29) is 29.0 Å². The number of fused-ring (bicyclic) bond motifs is 1. The van der Waals surface area contributed by atoms with Gasteiger partial charge in [0.1, 0.15) is 11.6 Å². The summed E-state index contributed by atoms with van der Waals surface area (Å²) < 4.78 is 21.6. The van der Waals surface area contributed by atoms with Gasteiger partial charge in [0.2, 0.25) is 5.43 Å². The molecule has 2 fully saturated rings. The molecule has 2 heterocycles. The average molecular weight is 431 g/mol. The molecule has 1 atom stereocenters. The van der Waals surface area contributed by atoms with Crippen LogP contribution >= 0.6 is 0 Å². The third kappa shape index (κ3) is 4.41. The molecule has 31 heavy (non-hydrogen) atoms. The van der Waals surface area contributed by atoms with Crippen LogP contribution in [0.5, 0.6) is 5.75 Å². The van der Waals surface area contributed by atoms with Crippen molar-refractivity contribution in [3.63, 3.8) is 0 Å². The van der Waals surface area contributed by atoms with Gasteiger partial charge in [-0.2, -0.15) is 0 Å². The van der Waals surface area contributed by atoms with Crippen LogP contribution in [0.25, 0.3) is 10.9 Å². The molecule has 2 aliphatic rings. The van der Waals surface area contributed by atoms with Crippen molar-refractivity contribution in [3.05, 3.63) is 34.4 Å². The van der Waals surface area contributed by atoms with Gasteiger partial charge >= 0.3 is 6.16 Å². The lowest BCUT2D eigenvalue weighted by atomic mass is 10.1. The molecule has 0 bridgehead atoms. The predicted octanol–water partition coefficient (Wildman–Crippen LogP) is 3.02. The van der Waals surface area contributed by atoms with Gasteiger partial charge in [-0.25, -0.2) is 9.18 Å². The van der Waals surface area contributed by atoms with Gasteiger partial charge < -0.3 is 19.3 Å². The van der Waals surface area contributed by atoms with Gasteiger partial charge in [-0.05, 0) is 38.8 Å². The highest BCUT2D eigenvalue weighted by atomic mass is 19.1. The number of anilines is 1. The summed E-state index contributed by atoms with van der Waals surface area (Å²) in [6.07, 6.45) is 2.16. The second kappa shape index (κ2) is 8.30. The Kier molecular flexibility index (Phi) is 5.70. The van der Waals surface area contributed by atoms with Crippen LogP contribution in [-0.4, -0.2) is 58.7 Å². The zero-order valence-electron chi connectivity index (χ0n) is 17.6. The molecule has 9 heteroatoms. The third-order valence-corrected chi connectivity index (χ3v) is 6.06. The Morgan fingerprint density at radius 1 is 1.26 bits per heavy atom. The summed E-state index contributed by atoms with van der Waals surface area (Å²) in [6, 6.07) is 3.17. The monoisotopic (exact) mass is 431 g/mol. The van der Waals surface area contributed by atoms with Crippen molar-refractivity contribution in [2.45, 2.75) is 45.2 Å². The summed E-state index contributed by atoms with van der Waals surface area (Å²) in [7, 11) is 0. The zero-order chi connectivity index (χ0) is 22.3. The average Bonchev–Trinajstić information content (AvgIpc) is 3.54. The Morgan fingerprint density at radius 2 is 2.00 bits per heavy atom. The lowest BCUT2D eigenvalue weighted by Gasteiger charge is -2.41. The number of Topliss-reactive ketones (excluding diaryl/α,β-unsaturated/α-hetero) is 1. The van der Waals surface area contributed by atoms with E-state index in [9.17, 15) is 14.4 Å². The van der Waals surface area contributed by atoms with Crippen LogP contribution in [0.1, 0.15) is 39.2 Å². The second-order valence-electron chi connectivity index (χ2n) is 8.43. The number of pyridine rings is 1. The molecule has 8 nitrogen and oxygen atoms in total. The Morgan fingerprint density at radius 3 is 2.61 bits per heavy atom. The van der Waals surface area contributed by atoms with E-state index < -0.39 is 17.4 Å². The smallest absolute Gasteiger partial charge is 0.449 e. The maximum Gasteiger partial charge on any atom is 0.511 e. The lowest BCUT2D eigenvalue weighted by Crippen LogP contribution is -2.52. The summed E-state index contributed by atoms with van der Waals surface area (Å²) >= 11 is 0. The van der Waals surface area contributed by atoms with Crippen LogP contribution < -0.4 is 15.1 Å². The number of hydrogen-bond acceptors (Lipinski definition) is 6. The van der Waals surface area contributed by atoms with Crippen LogP contribution in [0.15, 0.2) is 23.1 Å². The van der Waals surface area contributed by atoms with Crippen LogP contribution in [0.3, 0.4) is 0 Å². The Bertz CT molecular complexity index is 1090. The Labute approximate surface area is 178 Å². The molecule has 1 unspecified atom stereocenters. The third-order valence-electron chi connectivity index (χ3n) is 6.06. The standard InChI is InChI=1S/C22H26FN3O5/c1-13-11-25(8-7-24(13)6-5-14(2)27)19-10-18-16(9-17(19)23)21(28)20(31-22(29)30)12-26(18)15-3-4-15/h9-10,12-13,15H,3-8,11H2,1-2H3,(H,29,30). The summed E-state index contributed by atoms with van der Waals surface area (Å²) in [6.45, 7) is 6.26. The predicted molar refractivity (Wildman–Crippen MR) is 114 cm³/mol. The number of hydrogen-bond donors (Lipinski definition) is 1. The van der Waals surface area contributed by atoms with Crippen molar-refractivity contribution in [1.82, 2.24) is 9.47 Å². The van der Waals surface area contributed by atoms with E-state index >= 15 is 4.39 Å². The van der Waals surface area contributed by atoms with Crippen LogP contribution in [0.2, 0.25) is 0 Å². The highest BCUT2D eigenvalue weighted by Gasteiger charge is 2.29. The number of benzene rings is 1. The van der Waals surface area contributed by atoms with Crippen molar-refractivity contribution in [2.24, 2.45) is 0 Å². The van der Waals surface area contributed by atoms with Gasteiger partial charge in [0.25, 0.3) is 0 Å². The number of aromatic nitrogens is 1. The molecule has 0 amide bonds. The molecule has 4 rings (SSSR count). The molecule has 1 aliphatic heterocycles. The van der Waals surface area contributed by atoms with Crippen LogP contribution in [-0.2, 0) is 4.79 Å². The number of carbonyl (C=O) groups is 2. The number of ketones is 1. The zero-order valence-corrected chi connectivity index (χ0v) is 17.6. The molecule has 2 aromatic rings. The van der Waals surface area contributed by atoms with Gasteiger partial charge in [0.15, 0.2) is 5.75 Å². The van der Waals surface area contributed by atoms with E-state index in [0.29, 0.717) is 43.8 Å². The Hall–Kier alpha value is -2.94. The summed E-state index contributed by atoms with van der Waals surface area (Å²) in [4.78, 5) is 39.1. The van der Waals surface area contributed by atoms with Gasteiger partial charge in [-0.1, -0.05) is 0 Å². The topological polar surface area (TPSA) is 92.1 Å². The normalized spacial score (nSPS) is 19.6. The number of halogens is 1. The van der Waals surface area contributed by atoms with E-state index in [0.717, 1.165) is 12.8 Å². The fourth-order valence-corrected chi connectivity index (χ4v) is 4.24. The highest BCUT2D eigenvalue weighted by Crippen LogP contribution is 2.39. The van der Waals surface area contributed by atoms with E-state index in [1.165, 1.54) is 12.3 Å². The van der Waals surface area contributed by atoms with Gasteiger partial charge in [0, 0.05) is 44.7 Å². The first-order valence-corrected chi connectivity index (χ1v) is 10.5. The fourth-order valence-electron chi connectivity index (χ4n) is 4.24. The van der Waals surface area contributed by atoms with E-state index in [1.807, 2.05) is 9.47 Å². The molecule has 1 N–H and O–H groups in total. The maximum atomic E-state index is 15.1. The first-order valence-electron chi connectivity index (χ1n) is 10.5. The van der Waals surface area contributed by atoms with Gasteiger partial charge in [-0.3, -0.25) is 14.5 Å². The number of carboxylic acid groups (broad SMARTS) is 1. The van der Waals surface area contributed by atoms with Gasteiger partial charge in [0.05, 0.1) is 22.8 Å². The quantitative estimate of drug-likeness (QED) is 0.703. The van der Waals surface area contributed by atoms with Crippen molar-refractivity contribution < 1.29 is 23.8 Å². The summed E-state index contributed by atoms with van der Waals surface area (Å²) in [5.41, 5.74) is 0.363. The number of nitrogens with zero attached hydrogens (tertiary/aromatic N) is 3. The molecule has 0 spiro atoms. The molecule has 1 aromatic heterocycles. The van der Waals surface area contributed by atoms with Crippen molar-refractivity contribution in [2.75, 3.05) is 31.1 Å². The van der Waals surface area contributed by atoms with Crippen LogP contribution in [0.4, 0.5) is 14.9 Å². The maximum absolute atomic E-state index is 15.1. The number of piperazine rings is 1. The number of rotatable bonds is 6. The minimum absolute atomic E-state index is 0.111. The van der Waals surface area contributed by atoms with Crippen molar-refractivity contribution in [3.8, 4) is 5.75 Å². The lowest BCUT2D eigenvalue weighted by molar-refractivity contribution is -0.117. The summed E-state index contributed by atoms with van der Waals surface area (Å²) in [5, 5.41) is 9.03. The highest BCUT2D eigenvalue weighted by molar-refractivity contribution is 5.85. The molecule has 166 valence electrons. The first-order chi connectivity index (χ1) is 14.7.